The summed E-state index contributed by atoms with van der Waals surface area (Å²) in [5, 5.41) is 10.2. The average Bonchev–Trinajstić information content (AvgIpc) is 3.19. The second kappa shape index (κ2) is 6.35. The fourth-order valence-corrected chi connectivity index (χ4v) is 3.70. The van der Waals surface area contributed by atoms with Gasteiger partial charge in [-0.1, -0.05) is 17.7 Å². The number of nitrogens with one attached hydrogen (secondary N) is 2. The number of carbonyl (C=O) groups is 2. The molecule has 2 aromatic rings. The van der Waals surface area contributed by atoms with E-state index >= 15 is 0 Å². The van der Waals surface area contributed by atoms with Crippen LogP contribution in [0, 0.1) is 6.92 Å². The molecule has 1 aromatic heterocycles. The van der Waals surface area contributed by atoms with Crippen LogP contribution < -0.4 is 10.2 Å². The number of aryl methyl sites for hydroxylation is 2. The molecule has 1 aliphatic heterocycles. The van der Waals surface area contributed by atoms with Gasteiger partial charge in [0.25, 0.3) is 5.91 Å². The van der Waals surface area contributed by atoms with Crippen LogP contribution in [-0.2, 0) is 17.6 Å². The highest BCUT2D eigenvalue weighted by Crippen LogP contribution is 2.24. The number of aromatic nitrogens is 2. The maximum atomic E-state index is 12.6. The lowest BCUT2D eigenvalue weighted by molar-refractivity contribution is -0.117. The molecule has 130 valence electrons. The van der Waals surface area contributed by atoms with Gasteiger partial charge in [-0.2, -0.15) is 5.10 Å². The first-order chi connectivity index (χ1) is 12.1. The maximum absolute atomic E-state index is 12.6. The molecule has 1 fully saturated rings. The van der Waals surface area contributed by atoms with Crippen LogP contribution in [0.5, 0.6) is 0 Å². The lowest BCUT2D eigenvalue weighted by atomic mass is 9.95. The zero-order valence-electron chi connectivity index (χ0n) is 14.3. The van der Waals surface area contributed by atoms with E-state index in [4.69, 9.17) is 0 Å². The van der Waals surface area contributed by atoms with E-state index in [1.54, 1.807) is 4.90 Å². The van der Waals surface area contributed by atoms with E-state index in [1.165, 1.54) is 0 Å². The standard InChI is InChI=1S/C19H22N4O2/c1-12-6-8-14(9-7-12)23-11-13(10-17(23)24)20-19(25)18-15-4-2-3-5-16(15)21-22-18/h6-9,13H,2-5,10-11H2,1H3,(H,20,25)(H,21,22). The van der Waals surface area contributed by atoms with Crippen molar-refractivity contribution in [3.8, 4) is 0 Å². The Hall–Kier alpha value is -2.63. The Bertz CT molecular complexity index is 809. The third kappa shape index (κ3) is 3.04. The molecule has 2 N–H and O–H groups in total. The summed E-state index contributed by atoms with van der Waals surface area (Å²) in [6.45, 7) is 2.52. The average molecular weight is 338 g/mol. The molecule has 25 heavy (non-hydrogen) atoms. The SMILES string of the molecule is Cc1ccc(N2CC(NC(=O)c3n[nH]c4c3CCCC4)CC2=O)cc1. The van der Waals surface area contributed by atoms with E-state index in [-0.39, 0.29) is 17.9 Å². The van der Waals surface area contributed by atoms with Crippen molar-refractivity contribution in [2.75, 3.05) is 11.4 Å². The van der Waals surface area contributed by atoms with Crippen LogP contribution in [0.4, 0.5) is 5.69 Å². The van der Waals surface area contributed by atoms with Gasteiger partial charge in [-0.3, -0.25) is 14.7 Å². The van der Waals surface area contributed by atoms with Gasteiger partial charge in [-0.15, -0.1) is 0 Å². The van der Waals surface area contributed by atoms with Crippen molar-refractivity contribution in [3.05, 3.63) is 46.8 Å². The van der Waals surface area contributed by atoms with Gasteiger partial charge in [0.15, 0.2) is 5.69 Å². The molecule has 1 aromatic carbocycles. The van der Waals surface area contributed by atoms with E-state index in [0.29, 0.717) is 18.7 Å². The normalized spacial score (nSPS) is 19.8. The Balaban J connectivity index is 1.45. The first-order valence-electron chi connectivity index (χ1n) is 8.86. The van der Waals surface area contributed by atoms with E-state index in [0.717, 1.165) is 48.2 Å². The summed E-state index contributed by atoms with van der Waals surface area (Å²) in [6.07, 6.45) is 4.41. The number of carbonyl (C=O) groups excluding carboxylic acids is 2. The molecule has 6 heteroatoms. The summed E-state index contributed by atoms with van der Waals surface area (Å²) in [5.41, 5.74) is 4.66. The van der Waals surface area contributed by atoms with Gasteiger partial charge in [0, 0.05) is 29.9 Å². The van der Waals surface area contributed by atoms with Crippen LogP contribution in [0.3, 0.4) is 0 Å². The van der Waals surface area contributed by atoms with E-state index < -0.39 is 0 Å². The monoisotopic (exact) mass is 338 g/mol. The summed E-state index contributed by atoms with van der Waals surface area (Å²) >= 11 is 0. The molecular weight excluding hydrogens is 316 g/mol. The molecule has 4 rings (SSSR count). The Labute approximate surface area is 146 Å². The van der Waals surface area contributed by atoms with Crippen molar-refractivity contribution in [1.82, 2.24) is 15.5 Å². The fourth-order valence-electron chi connectivity index (χ4n) is 3.70. The number of nitrogens with zero attached hydrogens (tertiary/aromatic N) is 2. The van der Waals surface area contributed by atoms with Crippen LogP contribution >= 0.6 is 0 Å². The van der Waals surface area contributed by atoms with E-state index in [9.17, 15) is 9.59 Å². The minimum absolute atomic E-state index is 0.0400. The van der Waals surface area contributed by atoms with Crippen molar-refractivity contribution >= 4 is 17.5 Å². The molecular formula is C19H22N4O2. The summed E-state index contributed by atoms with van der Waals surface area (Å²) in [5.74, 6) is -0.138. The second-order valence-corrected chi connectivity index (χ2v) is 6.95. The topological polar surface area (TPSA) is 78.1 Å². The lowest BCUT2D eigenvalue weighted by Crippen LogP contribution is -2.37. The van der Waals surface area contributed by atoms with Crippen molar-refractivity contribution < 1.29 is 9.59 Å². The fraction of sp³-hybridized carbons (Fsp3) is 0.421. The number of benzene rings is 1. The largest absolute Gasteiger partial charge is 0.346 e. The van der Waals surface area contributed by atoms with Crippen molar-refractivity contribution in [1.29, 1.82) is 0 Å². The number of H-pyrrole nitrogens is 1. The van der Waals surface area contributed by atoms with Gasteiger partial charge < -0.3 is 10.2 Å². The summed E-state index contributed by atoms with van der Waals surface area (Å²) < 4.78 is 0. The molecule has 2 aliphatic rings. The highest BCUT2D eigenvalue weighted by atomic mass is 16.2. The molecule has 1 atom stereocenters. The first kappa shape index (κ1) is 15.9. The minimum Gasteiger partial charge on any atom is -0.346 e. The predicted octanol–water partition coefficient (Wildman–Crippen LogP) is 2.13. The van der Waals surface area contributed by atoms with Gasteiger partial charge in [0.2, 0.25) is 5.91 Å². The molecule has 0 spiro atoms. The predicted molar refractivity (Wildman–Crippen MR) is 94.6 cm³/mol. The molecule has 6 nitrogen and oxygen atoms in total. The van der Waals surface area contributed by atoms with E-state index in [2.05, 4.69) is 15.5 Å². The maximum Gasteiger partial charge on any atom is 0.272 e. The van der Waals surface area contributed by atoms with Crippen LogP contribution in [0.2, 0.25) is 0 Å². The van der Waals surface area contributed by atoms with Gasteiger partial charge in [0.05, 0.1) is 6.04 Å². The van der Waals surface area contributed by atoms with Gasteiger partial charge in [-0.25, -0.2) is 0 Å². The Morgan fingerprint density at radius 2 is 2.00 bits per heavy atom. The third-order valence-electron chi connectivity index (χ3n) is 5.08. The summed E-state index contributed by atoms with van der Waals surface area (Å²) in [6, 6.07) is 7.69. The molecule has 0 saturated carbocycles. The Kier molecular flexibility index (Phi) is 4.03. The van der Waals surface area contributed by atoms with Crippen LogP contribution in [-0.4, -0.2) is 34.6 Å². The van der Waals surface area contributed by atoms with E-state index in [1.807, 2.05) is 31.2 Å². The van der Waals surface area contributed by atoms with Crippen LogP contribution in [0.1, 0.15) is 46.6 Å². The van der Waals surface area contributed by atoms with Crippen molar-refractivity contribution in [2.24, 2.45) is 0 Å². The van der Waals surface area contributed by atoms with Crippen molar-refractivity contribution in [2.45, 2.75) is 45.1 Å². The highest BCUT2D eigenvalue weighted by molar-refractivity contribution is 5.98. The second-order valence-electron chi connectivity index (χ2n) is 6.95. The van der Waals surface area contributed by atoms with Crippen molar-refractivity contribution in [3.63, 3.8) is 0 Å². The Morgan fingerprint density at radius 3 is 2.80 bits per heavy atom. The van der Waals surface area contributed by atoms with Crippen LogP contribution in [0.15, 0.2) is 24.3 Å². The molecule has 1 aliphatic carbocycles. The minimum atomic E-state index is -0.183. The molecule has 2 amide bonds. The lowest BCUT2D eigenvalue weighted by Gasteiger charge is -2.17. The Morgan fingerprint density at radius 1 is 1.24 bits per heavy atom. The number of anilines is 1. The zero-order chi connectivity index (χ0) is 17.4. The zero-order valence-corrected chi connectivity index (χ0v) is 14.3. The number of fused-ring (bicyclic) bond motifs is 1. The molecule has 0 radical (unpaired) electrons. The number of aromatic amines is 1. The number of hydrogen-bond acceptors (Lipinski definition) is 3. The molecule has 1 saturated heterocycles. The van der Waals surface area contributed by atoms with Gasteiger partial charge in [0.1, 0.15) is 0 Å². The molecule has 1 unspecified atom stereocenters. The summed E-state index contributed by atoms with van der Waals surface area (Å²) in [7, 11) is 0. The number of rotatable bonds is 3. The van der Waals surface area contributed by atoms with Gasteiger partial charge in [-0.05, 0) is 44.7 Å². The molecule has 2 heterocycles. The molecule has 0 bridgehead atoms. The number of hydrogen-bond donors (Lipinski definition) is 2. The quantitative estimate of drug-likeness (QED) is 0.900. The summed E-state index contributed by atoms with van der Waals surface area (Å²) in [4.78, 5) is 26.7. The number of amides is 2. The smallest absolute Gasteiger partial charge is 0.272 e. The van der Waals surface area contributed by atoms with Crippen LogP contribution in [0.25, 0.3) is 0 Å². The first-order valence-corrected chi connectivity index (χ1v) is 8.86. The van der Waals surface area contributed by atoms with Gasteiger partial charge >= 0.3 is 0 Å². The highest BCUT2D eigenvalue weighted by Gasteiger charge is 2.33. The third-order valence-corrected chi connectivity index (χ3v) is 5.08.